The van der Waals surface area contributed by atoms with Gasteiger partial charge in [-0.1, -0.05) is 18.7 Å². The Morgan fingerprint density at radius 1 is 1.20 bits per heavy atom. The van der Waals surface area contributed by atoms with Gasteiger partial charge in [-0.2, -0.15) is 14.5 Å². The number of aromatic nitrogens is 7. The normalized spacial score (nSPS) is 15.0. The van der Waals surface area contributed by atoms with Gasteiger partial charge in [-0.25, -0.2) is 8.42 Å². The molecule has 0 fully saturated rings. The smallest absolute Gasteiger partial charge is 0.247 e. The van der Waals surface area contributed by atoms with Crippen LogP contribution in [0, 0.1) is 13.8 Å². The van der Waals surface area contributed by atoms with Crippen LogP contribution in [0.15, 0.2) is 10.1 Å². The molecule has 0 saturated carbocycles. The Labute approximate surface area is 180 Å². The van der Waals surface area contributed by atoms with Crippen LogP contribution in [0.1, 0.15) is 36.5 Å². The molecule has 10 nitrogen and oxygen atoms in total. The second kappa shape index (κ2) is 7.82. The molecule has 30 heavy (non-hydrogen) atoms. The van der Waals surface area contributed by atoms with Crippen molar-refractivity contribution in [1.82, 2.24) is 39.0 Å². The predicted molar refractivity (Wildman–Crippen MR) is 114 cm³/mol. The number of fused-ring (bicyclic) bond motifs is 1. The van der Waals surface area contributed by atoms with Crippen LogP contribution in [-0.4, -0.2) is 59.8 Å². The van der Waals surface area contributed by atoms with Gasteiger partial charge in [-0.05, 0) is 26.5 Å². The van der Waals surface area contributed by atoms with E-state index in [4.69, 9.17) is 5.10 Å². The maximum atomic E-state index is 13.4. The number of hydrogen-bond acceptors (Lipinski definition) is 7. The van der Waals surface area contributed by atoms with Gasteiger partial charge in [0.1, 0.15) is 10.6 Å². The molecule has 4 heterocycles. The van der Waals surface area contributed by atoms with E-state index in [1.54, 1.807) is 25.6 Å². The average molecular weight is 451 g/mol. The fraction of sp³-hybridized carbons (Fsp3) is 0.556. The molecule has 1 aliphatic rings. The summed E-state index contributed by atoms with van der Waals surface area (Å²) in [5.74, 6) is 1.58. The number of rotatable bonds is 6. The second-order valence-corrected chi connectivity index (χ2v) is 10.3. The molecule has 4 rings (SSSR count). The Morgan fingerprint density at radius 2 is 1.97 bits per heavy atom. The lowest BCUT2D eigenvalue weighted by atomic mass is 10.1. The molecule has 0 atom stereocenters. The Morgan fingerprint density at radius 3 is 2.60 bits per heavy atom. The van der Waals surface area contributed by atoms with E-state index in [0.717, 1.165) is 22.2 Å². The molecule has 0 saturated heterocycles. The number of nitrogens with zero attached hydrogens (tertiary/aromatic N) is 7. The fourth-order valence-electron chi connectivity index (χ4n) is 3.99. The zero-order chi connectivity index (χ0) is 21.6. The van der Waals surface area contributed by atoms with Crippen molar-refractivity contribution in [3.8, 4) is 11.5 Å². The fourth-order valence-corrected chi connectivity index (χ4v) is 6.46. The monoisotopic (exact) mass is 450 g/mol. The van der Waals surface area contributed by atoms with Crippen molar-refractivity contribution in [2.75, 3.05) is 12.3 Å². The summed E-state index contributed by atoms with van der Waals surface area (Å²) >= 11 is 1.63. The number of nitrogens with one attached hydrogen (secondary N) is 1. The number of sulfonamides is 1. The highest BCUT2D eigenvalue weighted by atomic mass is 32.2. The van der Waals surface area contributed by atoms with Crippen LogP contribution in [-0.2, 0) is 36.6 Å². The summed E-state index contributed by atoms with van der Waals surface area (Å²) in [6, 6.07) is 0. The van der Waals surface area contributed by atoms with Gasteiger partial charge < -0.3 is 4.57 Å². The molecule has 0 radical (unpaired) electrons. The first-order chi connectivity index (χ1) is 14.3. The summed E-state index contributed by atoms with van der Waals surface area (Å²) in [5.41, 5.74) is 3.66. The van der Waals surface area contributed by atoms with Crippen LogP contribution in [0.3, 0.4) is 0 Å². The van der Waals surface area contributed by atoms with Gasteiger partial charge in [0.05, 0.1) is 11.4 Å². The molecule has 1 N–H and O–H groups in total. The SMILES string of the molecule is CCSc1nnc(-c2nn(C)c3c2CN(S(=O)(=O)c2c(C)n[nH]c2C)CC3)n1CC. The van der Waals surface area contributed by atoms with E-state index in [2.05, 4.69) is 27.3 Å². The van der Waals surface area contributed by atoms with E-state index >= 15 is 0 Å². The number of aromatic amines is 1. The predicted octanol–water partition coefficient (Wildman–Crippen LogP) is 1.90. The molecular formula is C18H26N8O2S2. The number of hydrogen-bond donors (Lipinski definition) is 1. The van der Waals surface area contributed by atoms with E-state index < -0.39 is 10.0 Å². The first-order valence-electron chi connectivity index (χ1n) is 9.92. The molecule has 3 aromatic heterocycles. The molecule has 3 aromatic rings. The highest BCUT2D eigenvalue weighted by molar-refractivity contribution is 7.99. The summed E-state index contributed by atoms with van der Waals surface area (Å²) in [4.78, 5) is 0.259. The van der Waals surface area contributed by atoms with Gasteiger partial charge in [0, 0.05) is 44.4 Å². The molecule has 0 spiro atoms. The van der Waals surface area contributed by atoms with E-state index in [0.29, 0.717) is 42.4 Å². The Hall–Kier alpha value is -2.18. The van der Waals surface area contributed by atoms with Crippen molar-refractivity contribution in [3.05, 3.63) is 22.6 Å². The van der Waals surface area contributed by atoms with Gasteiger partial charge in [0.2, 0.25) is 10.0 Å². The first-order valence-corrected chi connectivity index (χ1v) is 12.3. The summed E-state index contributed by atoms with van der Waals surface area (Å²) in [5, 5.41) is 21.1. The topological polar surface area (TPSA) is 115 Å². The Bertz CT molecular complexity index is 1170. The highest BCUT2D eigenvalue weighted by Crippen LogP contribution is 2.33. The summed E-state index contributed by atoms with van der Waals surface area (Å²) in [6.07, 6.45) is 0.588. The lowest BCUT2D eigenvalue weighted by molar-refractivity contribution is 0.385. The number of thioether (sulfide) groups is 1. The largest absolute Gasteiger partial charge is 0.301 e. The third-order valence-corrected chi connectivity index (χ3v) is 8.34. The van der Waals surface area contributed by atoms with Crippen molar-refractivity contribution in [2.45, 2.75) is 57.3 Å². The van der Waals surface area contributed by atoms with Gasteiger partial charge in [-0.3, -0.25) is 9.78 Å². The lowest BCUT2D eigenvalue weighted by Crippen LogP contribution is -2.36. The molecule has 12 heteroatoms. The van der Waals surface area contributed by atoms with E-state index in [1.165, 1.54) is 4.31 Å². The number of H-pyrrole nitrogens is 1. The zero-order valence-corrected chi connectivity index (χ0v) is 19.4. The molecule has 1 aliphatic heterocycles. The van der Waals surface area contributed by atoms with Crippen LogP contribution < -0.4 is 0 Å². The van der Waals surface area contributed by atoms with Crippen molar-refractivity contribution >= 4 is 21.8 Å². The lowest BCUT2D eigenvalue weighted by Gasteiger charge is -2.27. The van der Waals surface area contributed by atoms with Crippen molar-refractivity contribution < 1.29 is 8.42 Å². The molecule has 162 valence electrons. The molecular weight excluding hydrogens is 424 g/mol. The van der Waals surface area contributed by atoms with Gasteiger partial charge in [0.25, 0.3) is 0 Å². The van der Waals surface area contributed by atoms with Crippen LogP contribution in [0.25, 0.3) is 11.5 Å². The summed E-state index contributed by atoms with van der Waals surface area (Å²) in [7, 11) is -1.78. The average Bonchev–Trinajstić information content (AvgIpc) is 3.37. The van der Waals surface area contributed by atoms with Crippen molar-refractivity contribution in [2.24, 2.45) is 7.05 Å². The minimum Gasteiger partial charge on any atom is -0.301 e. The van der Waals surface area contributed by atoms with Gasteiger partial charge in [-0.15, -0.1) is 10.2 Å². The molecule has 0 unspecified atom stereocenters. The van der Waals surface area contributed by atoms with E-state index in [9.17, 15) is 8.42 Å². The number of aryl methyl sites for hydroxylation is 3. The first kappa shape index (κ1) is 21.1. The molecule has 0 aromatic carbocycles. The third kappa shape index (κ3) is 3.26. The third-order valence-electron chi connectivity index (χ3n) is 5.38. The van der Waals surface area contributed by atoms with Gasteiger partial charge in [0.15, 0.2) is 11.0 Å². The van der Waals surface area contributed by atoms with E-state index in [1.807, 2.05) is 23.2 Å². The highest BCUT2D eigenvalue weighted by Gasteiger charge is 2.35. The minimum atomic E-state index is -3.68. The standard InChI is InChI=1S/C18H26N8O2S2/c1-6-26-17(21-22-18(26)29-7-2)15-13-10-25(9-8-14(13)24(5)23-15)30(27,28)16-11(3)19-20-12(16)4/h6-10H2,1-5H3,(H,19,20). The Balaban J connectivity index is 1.77. The summed E-state index contributed by atoms with van der Waals surface area (Å²) < 4.78 is 32.1. The van der Waals surface area contributed by atoms with Crippen LogP contribution in [0.2, 0.25) is 0 Å². The Kier molecular flexibility index (Phi) is 5.49. The van der Waals surface area contributed by atoms with Crippen LogP contribution >= 0.6 is 11.8 Å². The quantitative estimate of drug-likeness (QED) is 0.570. The minimum absolute atomic E-state index is 0.248. The maximum absolute atomic E-state index is 13.4. The van der Waals surface area contributed by atoms with Crippen molar-refractivity contribution in [3.63, 3.8) is 0 Å². The van der Waals surface area contributed by atoms with Crippen LogP contribution in [0.4, 0.5) is 0 Å². The molecule has 0 amide bonds. The van der Waals surface area contributed by atoms with Gasteiger partial charge >= 0.3 is 0 Å². The second-order valence-electron chi connectivity index (χ2n) is 7.23. The summed E-state index contributed by atoms with van der Waals surface area (Å²) in [6.45, 7) is 8.92. The van der Waals surface area contributed by atoms with Crippen molar-refractivity contribution in [1.29, 1.82) is 0 Å². The molecule has 0 aliphatic carbocycles. The zero-order valence-electron chi connectivity index (χ0n) is 17.8. The molecule has 0 bridgehead atoms. The maximum Gasteiger partial charge on any atom is 0.247 e. The van der Waals surface area contributed by atoms with E-state index in [-0.39, 0.29) is 11.4 Å². The van der Waals surface area contributed by atoms with Crippen LogP contribution in [0.5, 0.6) is 0 Å².